The van der Waals surface area contributed by atoms with Crippen molar-refractivity contribution in [2.45, 2.75) is 180 Å². The van der Waals surface area contributed by atoms with Crippen molar-refractivity contribution in [2.24, 2.45) is 53.3 Å². The second kappa shape index (κ2) is 18.7. The quantitative estimate of drug-likeness (QED) is 0.0845. The molecule has 0 aromatic heterocycles. The SMILES string of the molecule is CCCCCC1CCC(C2CCC(COOC(COC(=O)C3CCC(C4CCC(C)CC4)CC3)C3CCCCC3)CC2)CC1. The molecule has 4 heteroatoms. The maximum atomic E-state index is 13.2. The van der Waals surface area contributed by atoms with E-state index in [1.807, 2.05) is 0 Å². The summed E-state index contributed by atoms with van der Waals surface area (Å²) in [7, 11) is 0. The molecule has 5 aliphatic rings. The van der Waals surface area contributed by atoms with E-state index in [0.717, 1.165) is 48.3 Å². The molecule has 4 nitrogen and oxygen atoms in total. The Labute approximate surface area is 271 Å². The molecule has 1 atom stereocenters. The Morgan fingerprint density at radius 1 is 0.636 bits per heavy atom. The lowest BCUT2D eigenvalue weighted by molar-refractivity contribution is -0.346. The zero-order valence-corrected chi connectivity index (χ0v) is 29.0. The van der Waals surface area contributed by atoms with E-state index >= 15 is 0 Å². The molecule has 44 heavy (non-hydrogen) atoms. The van der Waals surface area contributed by atoms with Gasteiger partial charge in [-0.3, -0.25) is 4.79 Å². The monoisotopic (exact) mass is 615 g/mol. The van der Waals surface area contributed by atoms with Crippen molar-refractivity contribution in [1.82, 2.24) is 0 Å². The van der Waals surface area contributed by atoms with Crippen molar-refractivity contribution in [3.8, 4) is 0 Å². The first-order valence-corrected chi connectivity index (χ1v) is 20.0. The van der Waals surface area contributed by atoms with Gasteiger partial charge >= 0.3 is 5.97 Å². The van der Waals surface area contributed by atoms with E-state index in [1.165, 1.54) is 148 Å². The zero-order chi connectivity index (χ0) is 30.6. The van der Waals surface area contributed by atoms with Crippen LogP contribution in [0.4, 0.5) is 0 Å². The Balaban J connectivity index is 0.981. The summed E-state index contributed by atoms with van der Waals surface area (Å²) in [6.07, 6.45) is 33.1. The molecule has 0 saturated heterocycles. The van der Waals surface area contributed by atoms with Crippen LogP contribution in [-0.2, 0) is 19.3 Å². The highest BCUT2D eigenvalue weighted by Gasteiger charge is 2.35. The number of esters is 1. The average molecular weight is 615 g/mol. The van der Waals surface area contributed by atoms with Crippen LogP contribution in [0, 0.1) is 53.3 Å². The van der Waals surface area contributed by atoms with Crippen molar-refractivity contribution in [2.75, 3.05) is 13.2 Å². The van der Waals surface area contributed by atoms with Gasteiger partial charge in [0.1, 0.15) is 12.7 Å². The third kappa shape index (κ3) is 10.7. The minimum atomic E-state index is -0.108. The fourth-order valence-corrected chi connectivity index (χ4v) is 10.3. The Morgan fingerprint density at radius 3 is 1.77 bits per heavy atom. The average Bonchev–Trinajstić information content (AvgIpc) is 3.08. The van der Waals surface area contributed by atoms with Crippen molar-refractivity contribution in [3.63, 3.8) is 0 Å². The van der Waals surface area contributed by atoms with E-state index in [-0.39, 0.29) is 18.0 Å². The molecule has 5 fully saturated rings. The summed E-state index contributed by atoms with van der Waals surface area (Å²) < 4.78 is 6.01. The van der Waals surface area contributed by atoms with Gasteiger partial charge in [-0.1, -0.05) is 84.5 Å². The Morgan fingerprint density at radius 2 is 1.18 bits per heavy atom. The van der Waals surface area contributed by atoms with Crippen LogP contribution in [0.5, 0.6) is 0 Å². The van der Waals surface area contributed by atoms with Gasteiger partial charge in [0, 0.05) is 0 Å². The summed E-state index contributed by atoms with van der Waals surface area (Å²) in [6, 6.07) is 0. The first-order valence-electron chi connectivity index (χ1n) is 20.0. The molecule has 0 amide bonds. The van der Waals surface area contributed by atoms with E-state index in [9.17, 15) is 4.79 Å². The molecule has 5 rings (SSSR count). The minimum Gasteiger partial charge on any atom is -0.463 e. The lowest BCUT2D eigenvalue weighted by atomic mass is 9.69. The van der Waals surface area contributed by atoms with Crippen LogP contribution in [0.3, 0.4) is 0 Å². The third-order valence-electron chi connectivity index (χ3n) is 13.6. The van der Waals surface area contributed by atoms with Gasteiger partial charge in [0.05, 0.1) is 12.5 Å². The van der Waals surface area contributed by atoms with Crippen LogP contribution < -0.4 is 0 Å². The molecule has 5 aliphatic carbocycles. The highest BCUT2D eigenvalue weighted by Crippen LogP contribution is 2.43. The van der Waals surface area contributed by atoms with Gasteiger partial charge in [-0.05, 0) is 137 Å². The number of hydrogen-bond acceptors (Lipinski definition) is 4. The molecule has 0 heterocycles. The van der Waals surface area contributed by atoms with Crippen LogP contribution in [0.2, 0.25) is 0 Å². The molecule has 1 unspecified atom stereocenters. The Bertz CT molecular complexity index is 775. The predicted octanol–water partition coefficient (Wildman–Crippen LogP) is 11.3. The molecule has 0 spiro atoms. The van der Waals surface area contributed by atoms with Gasteiger partial charge < -0.3 is 4.74 Å². The number of ether oxygens (including phenoxy) is 1. The molecule has 0 aromatic rings. The summed E-state index contributed by atoms with van der Waals surface area (Å²) in [6.45, 7) is 5.81. The van der Waals surface area contributed by atoms with Gasteiger partial charge in [-0.2, -0.15) is 0 Å². The van der Waals surface area contributed by atoms with E-state index in [1.54, 1.807) is 0 Å². The topological polar surface area (TPSA) is 44.8 Å². The van der Waals surface area contributed by atoms with Gasteiger partial charge in [0.2, 0.25) is 0 Å². The number of carbonyl (C=O) groups excluding carboxylic acids is 1. The second-order valence-electron chi connectivity index (χ2n) is 16.6. The van der Waals surface area contributed by atoms with Crippen LogP contribution in [0.25, 0.3) is 0 Å². The number of rotatable bonds is 14. The third-order valence-corrected chi connectivity index (χ3v) is 13.6. The first-order chi connectivity index (χ1) is 21.6. The fraction of sp³-hybridized carbons (Fsp3) is 0.975. The molecule has 0 bridgehead atoms. The summed E-state index contributed by atoms with van der Waals surface area (Å²) in [5.74, 6) is 6.78. The first kappa shape index (κ1) is 34.7. The predicted molar refractivity (Wildman–Crippen MR) is 180 cm³/mol. The molecule has 0 aromatic carbocycles. The lowest BCUT2D eigenvalue weighted by Gasteiger charge is -2.38. The summed E-state index contributed by atoms with van der Waals surface area (Å²) in [5, 5.41) is 0. The highest BCUT2D eigenvalue weighted by molar-refractivity contribution is 5.72. The second-order valence-corrected chi connectivity index (χ2v) is 16.6. The summed E-state index contributed by atoms with van der Waals surface area (Å²) in [5.41, 5.74) is 0. The summed E-state index contributed by atoms with van der Waals surface area (Å²) in [4.78, 5) is 25.3. The maximum Gasteiger partial charge on any atom is 0.309 e. The minimum absolute atomic E-state index is 0.0263. The molecule has 5 saturated carbocycles. The van der Waals surface area contributed by atoms with Crippen molar-refractivity contribution >= 4 is 5.97 Å². The normalized spacial score (nSPS) is 36.5. The maximum absolute atomic E-state index is 13.2. The number of hydrogen-bond donors (Lipinski definition) is 0. The smallest absolute Gasteiger partial charge is 0.309 e. The van der Waals surface area contributed by atoms with Gasteiger partial charge in [-0.15, -0.1) is 0 Å². The number of unbranched alkanes of at least 4 members (excludes halogenated alkanes) is 2. The van der Waals surface area contributed by atoms with Crippen LogP contribution in [0.1, 0.15) is 174 Å². The highest BCUT2D eigenvalue weighted by atomic mass is 17.2. The Kier molecular flexibility index (Phi) is 14.7. The van der Waals surface area contributed by atoms with Crippen LogP contribution in [0.15, 0.2) is 0 Å². The molecule has 254 valence electrons. The van der Waals surface area contributed by atoms with E-state index in [2.05, 4.69) is 13.8 Å². The molecular weight excluding hydrogens is 544 g/mol. The van der Waals surface area contributed by atoms with E-state index in [4.69, 9.17) is 14.5 Å². The molecule has 0 aliphatic heterocycles. The molecule has 0 N–H and O–H groups in total. The zero-order valence-electron chi connectivity index (χ0n) is 29.0. The molecule has 0 radical (unpaired) electrons. The largest absolute Gasteiger partial charge is 0.463 e. The lowest BCUT2D eigenvalue weighted by Crippen LogP contribution is -2.35. The van der Waals surface area contributed by atoms with Crippen LogP contribution >= 0.6 is 0 Å². The molecular formula is C40H70O4. The van der Waals surface area contributed by atoms with E-state index in [0.29, 0.717) is 25.0 Å². The van der Waals surface area contributed by atoms with Gasteiger partial charge in [-0.25, -0.2) is 9.78 Å². The fourth-order valence-electron chi connectivity index (χ4n) is 10.3. The van der Waals surface area contributed by atoms with Gasteiger partial charge in [0.15, 0.2) is 0 Å². The standard InChI is InChI=1S/C40H70O4/c1-3-4-6-9-31-14-20-34(21-15-31)35-22-16-32(17-23-35)28-43-44-39(37-10-7-5-8-11-37)29-42-40(41)38-26-24-36(25-27-38)33-18-12-30(2)13-19-33/h30-39H,3-29H2,1-2H3. The van der Waals surface area contributed by atoms with E-state index < -0.39 is 0 Å². The Hall–Kier alpha value is -0.610. The van der Waals surface area contributed by atoms with Crippen molar-refractivity contribution < 1.29 is 19.3 Å². The van der Waals surface area contributed by atoms with Crippen LogP contribution in [-0.4, -0.2) is 25.3 Å². The van der Waals surface area contributed by atoms with Gasteiger partial charge in [0.25, 0.3) is 0 Å². The summed E-state index contributed by atoms with van der Waals surface area (Å²) >= 11 is 0. The van der Waals surface area contributed by atoms with Crippen molar-refractivity contribution in [1.29, 1.82) is 0 Å². The number of carbonyl (C=O) groups is 1. The van der Waals surface area contributed by atoms with Crippen molar-refractivity contribution in [3.05, 3.63) is 0 Å².